The van der Waals surface area contributed by atoms with Crippen LogP contribution in [0, 0.1) is 5.92 Å². The summed E-state index contributed by atoms with van der Waals surface area (Å²) in [5.74, 6) is 1.58. The van der Waals surface area contributed by atoms with E-state index in [1.54, 1.807) is 19.2 Å². The van der Waals surface area contributed by atoms with Crippen molar-refractivity contribution in [2.45, 2.75) is 6.42 Å². The lowest BCUT2D eigenvalue weighted by atomic mass is 10.1. The molecule has 0 bridgehead atoms. The van der Waals surface area contributed by atoms with Crippen molar-refractivity contribution in [1.29, 1.82) is 0 Å². The Morgan fingerprint density at radius 1 is 1.28 bits per heavy atom. The highest BCUT2D eigenvalue weighted by molar-refractivity contribution is 7.91. The standard InChI is InChI=1S/C15H20Cl3N3O3S/c1-19-15(21-8-10-2-5-25(22,23)9-10)20-3-4-24-14-12(17)6-11(16)7-13(14)18/h6-7,10H,2-5,8-9H2,1H3,(H2,19,20,21). The molecule has 1 fully saturated rings. The van der Waals surface area contributed by atoms with Gasteiger partial charge in [0.25, 0.3) is 0 Å². The van der Waals surface area contributed by atoms with Gasteiger partial charge in [-0.3, -0.25) is 4.99 Å². The van der Waals surface area contributed by atoms with Crippen molar-refractivity contribution < 1.29 is 13.2 Å². The summed E-state index contributed by atoms with van der Waals surface area (Å²) in [6.45, 7) is 1.35. The third-order valence-corrected chi connectivity index (χ3v) is 6.33. The van der Waals surface area contributed by atoms with Gasteiger partial charge < -0.3 is 15.4 Å². The largest absolute Gasteiger partial charge is 0.489 e. The molecule has 1 atom stereocenters. The second kappa shape index (κ2) is 9.16. The van der Waals surface area contributed by atoms with Crippen molar-refractivity contribution in [1.82, 2.24) is 10.6 Å². The summed E-state index contributed by atoms with van der Waals surface area (Å²) in [4.78, 5) is 4.10. The normalized spacial score (nSPS) is 19.7. The van der Waals surface area contributed by atoms with E-state index in [4.69, 9.17) is 39.5 Å². The SMILES string of the molecule is CN=C(NCCOc1c(Cl)cc(Cl)cc1Cl)NCC1CCS(=O)(=O)C1. The maximum atomic E-state index is 11.5. The van der Waals surface area contributed by atoms with Gasteiger partial charge in [-0.15, -0.1) is 0 Å². The Labute approximate surface area is 162 Å². The molecule has 1 aromatic carbocycles. The molecule has 1 saturated heterocycles. The van der Waals surface area contributed by atoms with Crippen LogP contribution in [0.3, 0.4) is 0 Å². The number of ether oxygens (including phenoxy) is 1. The summed E-state index contributed by atoms with van der Waals surface area (Å²) in [5, 5.41) is 7.36. The smallest absolute Gasteiger partial charge is 0.191 e. The van der Waals surface area contributed by atoms with Gasteiger partial charge in [-0.25, -0.2) is 8.42 Å². The maximum Gasteiger partial charge on any atom is 0.191 e. The zero-order valence-electron chi connectivity index (χ0n) is 13.7. The summed E-state index contributed by atoms with van der Waals surface area (Å²) in [7, 11) is -1.22. The van der Waals surface area contributed by atoms with Gasteiger partial charge in [0.15, 0.2) is 21.5 Å². The molecule has 140 valence electrons. The zero-order valence-corrected chi connectivity index (χ0v) is 16.8. The number of nitrogens with zero attached hydrogens (tertiary/aromatic N) is 1. The molecule has 0 aromatic heterocycles. The number of rotatable bonds is 6. The third-order valence-electron chi connectivity index (χ3n) is 3.71. The number of halogens is 3. The van der Waals surface area contributed by atoms with Gasteiger partial charge >= 0.3 is 0 Å². The van der Waals surface area contributed by atoms with Gasteiger partial charge in [0.05, 0.1) is 28.1 Å². The number of benzene rings is 1. The zero-order chi connectivity index (χ0) is 18.4. The number of nitrogens with one attached hydrogen (secondary N) is 2. The highest BCUT2D eigenvalue weighted by atomic mass is 35.5. The topological polar surface area (TPSA) is 79.8 Å². The van der Waals surface area contributed by atoms with Crippen LogP contribution in [0.4, 0.5) is 0 Å². The molecule has 0 aliphatic carbocycles. The summed E-state index contributed by atoms with van der Waals surface area (Å²) < 4.78 is 28.5. The fraction of sp³-hybridized carbons (Fsp3) is 0.533. The lowest BCUT2D eigenvalue weighted by Gasteiger charge is -2.15. The minimum Gasteiger partial charge on any atom is -0.489 e. The quantitative estimate of drug-likeness (QED) is 0.414. The third kappa shape index (κ3) is 6.40. The second-order valence-corrected chi connectivity index (χ2v) is 9.18. The Morgan fingerprint density at radius 2 is 1.96 bits per heavy atom. The molecule has 10 heteroatoms. The molecule has 0 radical (unpaired) electrons. The first kappa shape index (κ1) is 20.4. The minimum atomic E-state index is -2.87. The summed E-state index contributed by atoms with van der Waals surface area (Å²) >= 11 is 18.0. The number of aliphatic imine (C=N–C) groups is 1. The van der Waals surface area contributed by atoms with Crippen LogP contribution in [0.15, 0.2) is 17.1 Å². The van der Waals surface area contributed by atoms with Crippen LogP contribution in [-0.4, -0.2) is 52.6 Å². The molecule has 1 aromatic rings. The number of hydrogen-bond acceptors (Lipinski definition) is 4. The predicted octanol–water partition coefficient (Wildman–Crippen LogP) is 2.63. The lowest BCUT2D eigenvalue weighted by molar-refractivity contribution is 0.322. The van der Waals surface area contributed by atoms with Crippen LogP contribution in [0.25, 0.3) is 0 Å². The van der Waals surface area contributed by atoms with E-state index in [9.17, 15) is 8.42 Å². The monoisotopic (exact) mass is 427 g/mol. The molecule has 1 unspecified atom stereocenters. The molecule has 0 spiro atoms. The first-order valence-electron chi connectivity index (χ1n) is 7.73. The molecule has 25 heavy (non-hydrogen) atoms. The van der Waals surface area contributed by atoms with Gasteiger partial charge in [0, 0.05) is 18.6 Å². The number of guanidine groups is 1. The Kier molecular flexibility index (Phi) is 7.49. The van der Waals surface area contributed by atoms with Crippen molar-refractivity contribution in [2.75, 3.05) is 38.2 Å². The van der Waals surface area contributed by atoms with Gasteiger partial charge in [-0.05, 0) is 24.5 Å². The highest BCUT2D eigenvalue weighted by Gasteiger charge is 2.27. The van der Waals surface area contributed by atoms with E-state index in [-0.39, 0.29) is 17.4 Å². The highest BCUT2D eigenvalue weighted by Crippen LogP contribution is 2.35. The molecule has 1 heterocycles. The Hall–Kier alpha value is -0.890. The first-order chi connectivity index (χ1) is 11.8. The average molecular weight is 429 g/mol. The molecule has 1 aliphatic heterocycles. The van der Waals surface area contributed by atoms with Crippen molar-refractivity contribution in [2.24, 2.45) is 10.9 Å². The maximum absolute atomic E-state index is 11.5. The van der Waals surface area contributed by atoms with E-state index in [1.165, 1.54) is 0 Å². The van der Waals surface area contributed by atoms with E-state index in [0.29, 0.717) is 52.9 Å². The van der Waals surface area contributed by atoms with Crippen molar-refractivity contribution >= 4 is 50.6 Å². The molecular formula is C15H20Cl3N3O3S. The Morgan fingerprint density at radius 3 is 2.52 bits per heavy atom. The Bertz CT molecular complexity index is 718. The molecular weight excluding hydrogens is 409 g/mol. The molecule has 2 rings (SSSR count). The number of sulfone groups is 1. The van der Waals surface area contributed by atoms with Crippen LogP contribution in [0.1, 0.15) is 6.42 Å². The summed E-state index contributed by atoms with van der Waals surface area (Å²) in [5.41, 5.74) is 0. The van der Waals surface area contributed by atoms with E-state index in [0.717, 1.165) is 0 Å². The fourth-order valence-corrected chi connectivity index (χ4v) is 5.27. The van der Waals surface area contributed by atoms with Crippen LogP contribution in [0.5, 0.6) is 5.75 Å². The average Bonchev–Trinajstić information content (AvgIpc) is 2.87. The van der Waals surface area contributed by atoms with Crippen molar-refractivity contribution in [3.63, 3.8) is 0 Å². The van der Waals surface area contributed by atoms with Gasteiger partial charge in [-0.2, -0.15) is 0 Å². The summed E-state index contributed by atoms with van der Waals surface area (Å²) in [6.07, 6.45) is 0.684. The molecule has 0 saturated carbocycles. The van der Waals surface area contributed by atoms with Gasteiger partial charge in [-0.1, -0.05) is 34.8 Å². The van der Waals surface area contributed by atoms with Crippen LogP contribution < -0.4 is 15.4 Å². The lowest BCUT2D eigenvalue weighted by Crippen LogP contribution is -2.41. The predicted molar refractivity (Wildman–Crippen MR) is 103 cm³/mol. The van der Waals surface area contributed by atoms with Gasteiger partial charge in [0.2, 0.25) is 0 Å². The van der Waals surface area contributed by atoms with Crippen molar-refractivity contribution in [3.8, 4) is 5.75 Å². The van der Waals surface area contributed by atoms with E-state index in [2.05, 4.69) is 15.6 Å². The van der Waals surface area contributed by atoms with Crippen LogP contribution >= 0.6 is 34.8 Å². The second-order valence-electron chi connectivity index (χ2n) is 5.70. The van der Waals surface area contributed by atoms with Crippen LogP contribution in [0.2, 0.25) is 15.1 Å². The van der Waals surface area contributed by atoms with E-state index in [1.807, 2.05) is 0 Å². The summed E-state index contributed by atoms with van der Waals surface area (Å²) in [6, 6.07) is 3.13. The minimum absolute atomic E-state index is 0.117. The molecule has 6 nitrogen and oxygen atoms in total. The van der Waals surface area contributed by atoms with E-state index < -0.39 is 9.84 Å². The molecule has 1 aliphatic rings. The Balaban J connectivity index is 1.73. The van der Waals surface area contributed by atoms with Crippen molar-refractivity contribution in [3.05, 3.63) is 27.2 Å². The molecule has 2 N–H and O–H groups in total. The molecule has 0 amide bonds. The number of hydrogen-bond donors (Lipinski definition) is 2. The first-order valence-corrected chi connectivity index (χ1v) is 10.7. The fourth-order valence-electron chi connectivity index (χ4n) is 2.48. The van der Waals surface area contributed by atoms with Crippen LogP contribution in [-0.2, 0) is 9.84 Å². The van der Waals surface area contributed by atoms with Gasteiger partial charge in [0.1, 0.15) is 6.61 Å². The van der Waals surface area contributed by atoms with E-state index >= 15 is 0 Å².